The Bertz CT molecular complexity index is 1540. The summed E-state index contributed by atoms with van der Waals surface area (Å²) in [6.45, 7) is 1.40. The molecule has 2 aromatic heterocycles. The van der Waals surface area contributed by atoms with Crippen molar-refractivity contribution in [1.29, 1.82) is 0 Å². The summed E-state index contributed by atoms with van der Waals surface area (Å²) in [6, 6.07) is 9.26. The Labute approximate surface area is 224 Å². The van der Waals surface area contributed by atoms with Crippen LogP contribution in [0.3, 0.4) is 0 Å². The number of alkyl halides is 2. The van der Waals surface area contributed by atoms with Gasteiger partial charge in [-0.05, 0) is 55.7 Å². The van der Waals surface area contributed by atoms with Gasteiger partial charge in [0.1, 0.15) is 6.04 Å². The second kappa shape index (κ2) is 8.70. The molecule has 4 fully saturated rings. The smallest absolute Gasteiger partial charge is 0.266 e. The van der Waals surface area contributed by atoms with Crippen LogP contribution in [0.25, 0.3) is 22.3 Å². The van der Waals surface area contributed by atoms with Crippen LogP contribution in [0.5, 0.6) is 0 Å². The van der Waals surface area contributed by atoms with Crippen LogP contribution in [0, 0.1) is 0 Å². The molecule has 1 aliphatic carbocycles. The summed E-state index contributed by atoms with van der Waals surface area (Å²) in [5.41, 5.74) is 2.81. The molecule has 3 aromatic rings. The molecule has 1 amide bonds. The maximum atomic E-state index is 14.1. The van der Waals surface area contributed by atoms with Crippen molar-refractivity contribution in [3.63, 3.8) is 0 Å². The predicted molar refractivity (Wildman–Crippen MR) is 140 cm³/mol. The van der Waals surface area contributed by atoms with E-state index in [1.54, 1.807) is 34.2 Å². The number of aromatic nitrogens is 2. The van der Waals surface area contributed by atoms with Crippen molar-refractivity contribution >= 4 is 32.7 Å². The van der Waals surface area contributed by atoms with Crippen LogP contribution in [0.15, 0.2) is 47.5 Å². The number of carbonyl (C=O) groups is 1. The number of nitrogens with one attached hydrogen (secondary N) is 1. The van der Waals surface area contributed by atoms with E-state index in [1.165, 1.54) is 16.4 Å². The van der Waals surface area contributed by atoms with Crippen molar-refractivity contribution in [3.8, 4) is 11.3 Å². The molecule has 1 N–H and O–H groups in total. The van der Waals surface area contributed by atoms with Gasteiger partial charge in [0, 0.05) is 50.0 Å². The molecule has 0 bridgehead atoms. The summed E-state index contributed by atoms with van der Waals surface area (Å²) in [6.07, 6.45) is 3.70. The van der Waals surface area contributed by atoms with E-state index in [4.69, 9.17) is 4.74 Å². The van der Waals surface area contributed by atoms with Crippen molar-refractivity contribution in [2.45, 2.75) is 48.1 Å². The fourth-order valence-electron chi connectivity index (χ4n) is 5.93. The number of pyridine rings is 1. The van der Waals surface area contributed by atoms with Crippen molar-refractivity contribution in [2.75, 3.05) is 44.2 Å². The van der Waals surface area contributed by atoms with Gasteiger partial charge in [0.05, 0.1) is 40.4 Å². The van der Waals surface area contributed by atoms with E-state index >= 15 is 0 Å². The third-order valence-electron chi connectivity index (χ3n) is 8.39. The molecule has 7 rings (SSSR count). The molecule has 3 aliphatic heterocycles. The fraction of sp³-hybridized carbons (Fsp3) is 0.481. The number of morpholine rings is 1. The Morgan fingerprint density at radius 2 is 1.92 bits per heavy atom. The van der Waals surface area contributed by atoms with Gasteiger partial charge in [0.25, 0.3) is 5.92 Å². The molecule has 4 aliphatic rings. The van der Waals surface area contributed by atoms with Gasteiger partial charge in [0.15, 0.2) is 0 Å². The van der Waals surface area contributed by atoms with Crippen LogP contribution in [-0.4, -0.2) is 90.4 Å². The second-order valence-electron chi connectivity index (χ2n) is 11.0. The minimum Gasteiger partial charge on any atom is -0.371 e. The molecule has 5 heterocycles. The largest absolute Gasteiger partial charge is 0.371 e. The lowest BCUT2D eigenvalue weighted by Gasteiger charge is -2.43. The number of ether oxygens (including phenoxy) is 1. The minimum absolute atomic E-state index is 0.0250. The van der Waals surface area contributed by atoms with Crippen LogP contribution in [0.1, 0.15) is 25.7 Å². The topological polar surface area (TPSA) is 98.8 Å². The monoisotopic (exact) mass is 557 g/mol. The van der Waals surface area contributed by atoms with Crippen LogP contribution in [-0.2, 0) is 19.6 Å². The molecular formula is C27H29F2N5O4S. The van der Waals surface area contributed by atoms with Gasteiger partial charge in [-0.1, -0.05) is 0 Å². The molecule has 12 heteroatoms. The SMILES string of the molecule is O=C([C@@H]1CCN1S(=O)(=O)c1ccc(N2CCC(F)(F)C2)c(-c2cc3ncccc3[nH]2)c1)N1CCOC2(CC2)C1. The highest BCUT2D eigenvalue weighted by atomic mass is 32.2. The van der Waals surface area contributed by atoms with Crippen LogP contribution in [0.2, 0.25) is 0 Å². The average molecular weight is 558 g/mol. The first kappa shape index (κ1) is 24.9. The molecule has 3 saturated heterocycles. The molecular weight excluding hydrogens is 528 g/mol. The number of halogens is 2. The first-order valence-electron chi connectivity index (χ1n) is 13.3. The minimum atomic E-state index is -4.01. The lowest BCUT2D eigenvalue weighted by Crippen LogP contribution is -2.61. The van der Waals surface area contributed by atoms with Crippen molar-refractivity contribution in [1.82, 2.24) is 19.2 Å². The van der Waals surface area contributed by atoms with E-state index in [0.717, 1.165) is 18.4 Å². The number of nitrogens with zero attached hydrogens (tertiary/aromatic N) is 4. The summed E-state index contributed by atoms with van der Waals surface area (Å²) < 4.78 is 63.0. The number of anilines is 1. The lowest BCUT2D eigenvalue weighted by molar-refractivity contribution is -0.147. The second-order valence-corrected chi connectivity index (χ2v) is 12.9. The number of sulfonamides is 1. The zero-order valence-electron chi connectivity index (χ0n) is 21.3. The summed E-state index contributed by atoms with van der Waals surface area (Å²) >= 11 is 0. The number of H-pyrrole nitrogens is 1. The summed E-state index contributed by atoms with van der Waals surface area (Å²) in [5, 5.41) is 0. The predicted octanol–water partition coefficient (Wildman–Crippen LogP) is 3.23. The van der Waals surface area contributed by atoms with Crippen molar-refractivity contribution < 1.29 is 26.7 Å². The molecule has 0 radical (unpaired) electrons. The highest BCUT2D eigenvalue weighted by Crippen LogP contribution is 2.43. The Kier molecular flexibility index (Phi) is 5.56. The normalized spacial score (nSPS) is 24.3. The number of fused-ring (bicyclic) bond motifs is 1. The first-order chi connectivity index (χ1) is 18.6. The average Bonchev–Trinajstić information content (AvgIpc) is 3.31. The number of rotatable bonds is 5. The maximum Gasteiger partial charge on any atom is 0.266 e. The van der Waals surface area contributed by atoms with E-state index in [1.807, 2.05) is 6.07 Å². The Hall–Kier alpha value is -3.09. The van der Waals surface area contributed by atoms with Gasteiger partial charge >= 0.3 is 0 Å². The van der Waals surface area contributed by atoms with E-state index in [9.17, 15) is 22.0 Å². The van der Waals surface area contributed by atoms with E-state index in [0.29, 0.717) is 48.6 Å². The fourth-order valence-corrected chi connectivity index (χ4v) is 7.58. The highest BCUT2D eigenvalue weighted by Gasteiger charge is 2.51. The molecule has 39 heavy (non-hydrogen) atoms. The number of carbonyl (C=O) groups excluding carboxylic acids is 1. The molecule has 1 saturated carbocycles. The van der Waals surface area contributed by atoms with Crippen molar-refractivity contribution in [2.24, 2.45) is 0 Å². The number of aromatic amines is 1. The third kappa shape index (κ3) is 4.29. The van der Waals surface area contributed by atoms with Gasteiger partial charge in [-0.25, -0.2) is 17.2 Å². The zero-order chi connectivity index (χ0) is 27.0. The molecule has 9 nitrogen and oxygen atoms in total. The lowest BCUT2D eigenvalue weighted by atomic mass is 10.1. The molecule has 1 aromatic carbocycles. The quantitative estimate of drug-likeness (QED) is 0.517. The third-order valence-corrected chi connectivity index (χ3v) is 10.3. The maximum absolute atomic E-state index is 14.1. The van der Waals surface area contributed by atoms with E-state index in [-0.39, 0.29) is 35.9 Å². The Morgan fingerprint density at radius 1 is 1.08 bits per heavy atom. The Morgan fingerprint density at radius 3 is 2.62 bits per heavy atom. The van der Waals surface area contributed by atoms with Gasteiger partial charge in [0.2, 0.25) is 15.9 Å². The van der Waals surface area contributed by atoms with Crippen LogP contribution in [0.4, 0.5) is 14.5 Å². The van der Waals surface area contributed by atoms with Crippen LogP contribution >= 0.6 is 0 Å². The highest BCUT2D eigenvalue weighted by molar-refractivity contribution is 7.89. The molecule has 1 atom stereocenters. The molecule has 206 valence electrons. The first-order valence-corrected chi connectivity index (χ1v) is 14.7. The summed E-state index contributed by atoms with van der Waals surface area (Å²) in [4.78, 5) is 24.3. The van der Waals surface area contributed by atoms with Crippen LogP contribution < -0.4 is 4.90 Å². The number of benzene rings is 1. The van der Waals surface area contributed by atoms with Crippen molar-refractivity contribution in [3.05, 3.63) is 42.6 Å². The number of hydrogen-bond donors (Lipinski definition) is 1. The van der Waals surface area contributed by atoms with Gasteiger partial charge in [-0.15, -0.1) is 0 Å². The Balaban J connectivity index is 1.22. The van der Waals surface area contributed by atoms with Gasteiger partial charge in [-0.3, -0.25) is 9.78 Å². The molecule has 0 unspecified atom stereocenters. The number of hydrogen-bond acceptors (Lipinski definition) is 6. The standard InChI is InChI=1S/C27H29F2N5O4S/c28-27(29)8-11-32(17-27)23-4-3-18(14-19(23)21-15-22-20(31-21)2-1-9-30-22)39(36,37)34-10-5-24(34)25(35)33-12-13-38-26(16-33)6-7-26/h1-4,9,14-15,24,31H,5-8,10-13,16-17H2/t24-/m0/s1. The molecule has 1 spiro atoms. The van der Waals surface area contributed by atoms with Gasteiger partial charge < -0.3 is 19.5 Å². The number of amides is 1. The summed E-state index contributed by atoms with van der Waals surface area (Å²) in [7, 11) is -4.01. The van der Waals surface area contributed by atoms with Gasteiger partial charge in [-0.2, -0.15) is 4.31 Å². The summed E-state index contributed by atoms with van der Waals surface area (Å²) in [5.74, 6) is -2.99. The zero-order valence-corrected chi connectivity index (χ0v) is 22.1. The van der Waals surface area contributed by atoms with E-state index < -0.39 is 28.5 Å². The van der Waals surface area contributed by atoms with E-state index in [2.05, 4.69) is 9.97 Å².